The number of hydrogen-bond acceptors (Lipinski definition) is 2. The summed E-state index contributed by atoms with van der Waals surface area (Å²) < 4.78 is 0. The predicted molar refractivity (Wildman–Crippen MR) is 59.5 cm³/mol. The Morgan fingerprint density at radius 3 is 2.67 bits per heavy atom. The second kappa shape index (κ2) is 4.47. The highest BCUT2D eigenvalue weighted by Gasteiger charge is 2.21. The molecular formula is C11H17N3O. The molecule has 0 aliphatic heterocycles. The first-order valence-corrected chi connectivity index (χ1v) is 5.60. The summed E-state index contributed by atoms with van der Waals surface area (Å²) in [6.45, 7) is 0. The van der Waals surface area contributed by atoms with Crippen molar-refractivity contribution in [1.29, 1.82) is 0 Å². The summed E-state index contributed by atoms with van der Waals surface area (Å²) in [5.41, 5.74) is 11.3. The van der Waals surface area contributed by atoms with E-state index >= 15 is 0 Å². The van der Waals surface area contributed by atoms with Crippen molar-refractivity contribution in [2.45, 2.75) is 44.9 Å². The highest BCUT2D eigenvalue weighted by molar-refractivity contribution is 6.02. The summed E-state index contributed by atoms with van der Waals surface area (Å²) in [7, 11) is 0. The van der Waals surface area contributed by atoms with Gasteiger partial charge in [-0.25, -0.2) is 10.2 Å². The van der Waals surface area contributed by atoms with Crippen LogP contribution in [0.25, 0.3) is 0 Å². The third-order valence-corrected chi connectivity index (χ3v) is 3.12. The van der Waals surface area contributed by atoms with E-state index in [1.807, 2.05) is 0 Å². The van der Waals surface area contributed by atoms with Crippen molar-refractivity contribution in [3.63, 3.8) is 0 Å². The van der Waals surface area contributed by atoms with Crippen LogP contribution in [-0.2, 0) is 0 Å². The summed E-state index contributed by atoms with van der Waals surface area (Å²) in [5.74, 6) is 0. The lowest BCUT2D eigenvalue weighted by Gasteiger charge is -2.25. The van der Waals surface area contributed by atoms with Crippen LogP contribution in [0.15, 0.2) is 16.2 Å². The first kappa shape index (κ1) is 10.2. The van der Waals surface area contributed by atoms with E-state index in [1.165, 1.54) is 31.3 Å². The Labute approximate surface area is 89.6 Å². The second-order valence-electron chi connectivity index (χ2n) is 4.18. The summed E-state index contributed by atoms with van der Waals surface area (Å²) in [6, 6.07) is -0.578. The van der Waals surface area contributed by atoms with Crippen LogP contribution in [0.5, 0.6) is 0 Å². The Hall–Kier alpha value is -1.32. The smallest absolute Gasteiger partial charge is 0.332 e. The molecule has 0 aromatic heterocycles. The molecule has 2 rings (SSSR count). The van der Waals surface area contributed by atoms with Crippen molar-refractivity contribution >= 4 is 11.7 Å². The van der Waals surface area contributed by atoms with Gasteiger partial charge in [-0.1, -0.05) is 5.57 Å². The summed E-state index contributed by atoms with van der Waals surface area (Å²) in [4.78, 5) is 10.6. The van der Waals surface area contributed by atoms with E-state index in [2.05, 4.69) is 10.5 Å². The Morgan fingerprint density at radius 1 is 1.13 bits per heavy atom. The first-order valence-electron chi connectivity index (χ1n) is 5.60. The van der Waals surface area contributed by atoms with Gasteiger partial charge in [-0.3, -0.25) is 0 Å². The fraction of sp³-hybridized carbons (Fsp3) is 0.636. The van der Waals surface area contributed by atoms with Gasteiger partial charge in [-0.15, -0.1) is 0 Å². The Morgan fingerprint density at radius 2 is 1.87 bits per heavy atom. The van der Waals surface area contributed by atoms with Gasteiger partial charge < -0.3 is 5.73 Å². The fourth-order valence-electron chi connectivity index (χ4n) is 2.46. The molecule has 0 atom stereocenters. The lowest BCUT2D eigenvalue weighted by Crippen LogP contribution is -2.27. The zero-order valence-electron chi connectivity index (χ0n) is 8.88. The zero-order valence-corrected chi connectivity index (χ0v) is 8.88. The first-order chi connectivity index (χ1) is 7.27. The van der Waals surface area contributed by atoms with Crippen molar-refractivity contribution in [3.05, 3.63) is 11.1 Å². The number of hydrazone groups is 1. The van der Waals surface area contributed by atoms with E-state index in [4.69, 9.17) is 5.73 Å². The largest absolute Gasteiger partial charge is 0.350 e. The van der Waals surface area contributed by atoms with E-state index in [1.54, 1.807) is 5.57 Å². The number of nitrogens with one attached hydrogen (secondary N) is 1. The molecule has 2 aliphatic carbocycles. The minimum Gasteiger partial charge on any atom is -0.350 e. The van der Waals surface area contributed by atoms with Crippen LogP contribution >= 0.6 is 0 Å². The summed E-state index contributed by atoms with van der Waals surface area (Å²) in [6.07, 6.45) is 8.21. The molecule has 0 aromatic rings. The van der Waals surface area contributed by atoms with E-state index in [0.29, 0.717) is 0 Å². The van der Waals surface area contributed by atoms with Crippen molar-refractivity contribution in [3.8, 4) is 0 Å². The summed E-state index contributed by atoms with van der Waals surface area (Å²) >= 11 is 0. The average molecular weight is 207 g/mol. The van der Waals surface area contributed by atoms with Crippen molar-refractivity contribution in [2.24, 2.45) is 10.8 Å². The van der Waals surface area contributed by atoms with Gasteiger partial charge in [-0.05, 0) is 50.5 Å². The van der Waals surface area contributed by atoms with Crippen molar-refractivity contribution in [1.82, 2.24) is 5.43 Å². The van der Waals surface area contributed by atoms with E-state index in [9.17, 15) is 4.79 Å². The van der Waals surface area contributed by atoms with Gasteiger partial charge in [0.1, 0.15) is 0 Å². The van der Waals surface area contributed by atoms with Gasteiger partial charge >= 0.3 is 6.03 Å². The third-order valence-electron chi connectivity index (χ3n) is 3.12. The van der Waals surface area contributed by atoms with Gasteiger partial charge in [0.15, 0.2) is 0 Å². The molecule has 0 saturated heterocycles. The maximum atomic E-state index is 10.6. The Kier molecular flexibility index (Phi) is 3.04. The minimum absolute atomic E-state index is 0.578. The summed E-state index contributed by atoms with van der Waals surface area (Å²) in [5, 5.41) is 4.10. The van der Waals surface area contributed by atoms with Crippen LogP contribution in [0.1, 0.15) is 44.9 Å². The molecule has 0 aromatic carbocycles. The lowest BCUT2D eigenvalue weighted by molar-refractivity contribution is 0.249. The second-order valence-corrected chi connectivity index (χ2v) is 4.18. The molecule has 82 valence electrons. The quantitative estimate of drug-likeness (QED) is 0.635. The number of rotatable bonds is 1. The van der Waals surface area contributed by atoms with E-state index < -0.39 is 6.03 Å². The lowest BCUT2D eigenvalue weighted by atomic mass is 9.81. The number of allylic oxidation sites excluding steroid dienone is 2. The molecule has 0 bridgehead atoms. The van der Waals surface area contributed by atoms with Crippen LogP contribution < -0.4 is 11.2 Å². The van der Waals surface area contributed by atoms with Crippen LogP contribution in [0.4, 0.5) is 4.79 Å². The molecule has 0 radical (unpaired) electrons. The topological polar surface area (TPSA) is 67.5 Å². The van der Waals surface area contributed by atoms with Crippen LogP contribution in [0.3, 0.4) is 0 Å². The maximum Gasteiger partial charge on any atom is 0.332 e. The minimum atomic E-state index is -0.578. The number of carbonyl (C=O) groups excluding carboxylic acids is 1. The average Bonchev–Trinajstić information content (AvgIpc) is 2.26. The van der Waals surface area contributed by atoms with Gasteiger partial charge in [0.2, 0.25) is 0 Å². The van der Waals surface area contributed by atoms with Crippen LogP contribution in [0.2, 0.25) is 0 Å². The van der Waals surface area contributed by atoms with Crippen LogP contribution in [0, 0.1) is 0 Å². The number of urea groups is 1. The Bertz CT molecular complexity index is 327. The van der Waals surface area contributed by atoms with Gasteiger partial charge in [-0.2, -0.15) is 5.10 Å². The van der Waals surface area contributed by atoms with Crippen molar-refractivity contribution < 1.29 is 4.79 Å². The molecule has 2 aliphatic rings. The molecule has 0 saturated carbocycles. The number of amides is 2. The molecule has 0 heterocycles. The molecule has 15 heavy (non-hydrogen) atoms. The molecule has 4 heteroatoms. The molecule has 4 nitrogen and oxygen atoms in total. The molecule has 3 N–H and O–H groups in total. The number of nitrogens with two attached hydrogens (primary N) is 1. The fourth-order valence-corrected chi connectivity index (χ4v) is 2.46. The van der Waals surface area contributed by atoms with Crippen molar-refractivity contribution in [2.75, 3.05) is 0 Å². The standard InChI is InChI=1S/C11H17N3O/c12-11(15)14-13-10-7-3-5-8-4-1-2-6-9(8)10/h1-7H2,(H3,12,14,15)/b13-10+. The molecule has 0 unspecified atom stereocenters. The predicted octanol–water partition coefficient (Wildman–Crippen LogP) is 2.07. The van der Waals surface area contributed by atoms with Gasteiger partial charge in [0, 0.05) is 0 Å². The monoisotopic (exact) mass is 207 g/mol. The van der Waals surface area contributed by atoms with E-state index in [-0.39, 0.29) is 0 Å². The molecular weight excluding hydrogens is 190 g/mol. The maximum absolute atomic E-state index is 10.6. The Balaban J connectivity index is 2.17. The highest BCUT2D eigenvalue weighted by Crippen LogP contribution is 2.33. The number of hydrogen-bond donors (Lipinski definition) is 2. The van der Waals surface area contributed by atoms with Gasteiger partial charge in [0.25, 0.3) is 0 Å². The molecule has 2 amide bonds. The number of carbonyl (C=O) groups is 1. The van der Waals surface area contributed by atoms with E-state index in [0.717, 1.165) is 25.0 Å². The molecule has 0 spiro atoms. The zero-order chi connectivity index (χ0) is 10.7. The van der Waals surface area contributed by atoms with Gasteiger partial charge in [0.05, 0.1) is 5.71 Å². The number of nitrogens with zero attached hydrogens (tertiary/aromatic N) is 1. The third kappa shape index (κ3) is 2.37. The number of primary amides is 1. The SMILES string of the molecule is NC(=O)N/N=C1\CCCC2=C1CCCC2. The highest BCUT2D eigenvalue weighted by atomic mass is 16.2. The molecule has 0 fully saturated rings. The van der Waals surface area contributed by atoms with Crippen LogP contribution in [-0.4, -0.2) is 11.7 Å². The normalized spacial score (nSPS) is 23.9.